The number of fused-ring (bicyclic) bond motifs is 1. The van der Waals surface area contributed by atoms with Gasteiger partial charge in [0.1, 0.15) is 11.2 Å². The van der Waals surface area contributed by atoms with Crippen LogP contribution in [0.3, 0.4) is 0 Å². The maximum atomic E-state index is 13.6. The first-order chi connectivity index (χ1) is 14.7. The van der Waals surface area contributed by atoms with Gasteiger partial charge in [-0.25, -0.2) is 9.67 Å². The Morgan fingerprint density at radius 3 is 2.23 bits per heavy atom. The molecule has 2 heterocycles. The predicted octanol–water partition coefficient (Wildman–Crippen LogP) is 4.47. The van der Waals surface area contributed by atoms with Crippen molar-refractivity contribution < 1.29 is 0 Å². The molecule has 0 bridgehead atoms. The zero-order chi connectivity index (χ0) is 20.5. The Hall–Kier alpha value is -3.99. The molecule has 0 spiro atoms. The van der Waals surface area contributed by atoms with Crippen molar-refractivity contribution in [3.8, 4) is 11.4 Å². The average Bonchev–Trinajstić information content (AvgIpc) is 3.20. The number of rotatable bonds is 4. The SMILES string of the molecule is Cc1ccccc1-n1c(Cc2ccccc2)nc2c(cnn2-c2ccccc2)c1=O. The monoisotopic (exact) mass is 392 g/mol. The molecule has 0 aliphatic carbocycles. The predicted molar refractivity (Wildman–Crippen MR) is 118 cm³/mol. The summed E-state index contributed by atoms with van der Waals surface area (Å²) in [6.45, 7) is 2.01. The highest BCUT2D eigenvalue weighted by atomic mass is 16.1. The second-order valence-corrected chi connectivity index (χ2v) is 7.25. The molecule has 5 nitrogen and oxygen atoms in total. The molecule has 146 valence electrons. The Labute approximate surface area is 173 Å². The van der Waals surface area contributed by atoms with Crippen molar-refractivity contribution in [1.82, 2.24) is 19.3 Å². The van der Waals surface area contributed by atoms with Gasteiger partial charge in [-0.1, -0.05) is 66.7 Å². The lowest BCUT2D eigenvalue weighted by molar-refractivity contribution is 0.826. The molecule has 5 aromatic rings. The molecule has 30 heavy (non-hydrogen) atoms. The van der Waals surface area contributed by atoms with Gasteiger partial charge in [0.25, 0.3) is 5.56 Å². The van der Waals surface area contributed by atoms with Crippen molar-refractivity contribution >= 4 is 11.0 Å². The Morgan fingerprint density at radius 2 is 1.50 bits per heavy atom. The van der Waals surface area contributed by atoms with E-state index in [1.807, 2.05) is 91.9 Å². The van der Waals surface area contributed by atoms with E-state index in [1.165, 1.54) is 0 Å². The molecule has 5 heteroatoms. The Morgan fingerprint density at radius 1 is 0.833 bits per heavy atom. The number of para-hydroxylation sites is 2. The van der Waals surface area contributed by atoms with Gasteiger partial charge in [-0.2, -0.15) is 5.10 Å². The molecule has 0 amide bonds. The number of aryl methyl sites for hydroxylation is 1. The maximum Gasteiger partial charge on any atom is 0.269 e. The highest BCUT2D eigenvalue weighted by Gasteiger charge is 2.18. The van der Waals surface area contributed by atoms with Gasteiger partial charge in [-0.3, -0.25) is 9.36 Å². The second kappa shape index (κ2) is 7.44. The molecule has 0 aliphatic heterocycles. The lowest BCUT2D eigenvalue weighted by Crippen LogP contribution is -2.25. The molecular weight excluding hydrogens is 372 g/mol. The lowest BCUT2D eigenvalue weighted by atomic mass is 10.1. The molecule has 3 aromatic carbocycles. The van der Waals surface area contributed by atoms with Crippen LogP contribution in [0, 0.1) is 6.92 Å². The summed E-state index contributed by atoms with van der Waals surface area (Å²) in [4.78, 5) is 18.6. The normalized spacial score (nSPS) is 11.1. The summed E-state index contributed by atoms with van der Waals surface area (Å²) < 4.78 is 3.45. The molecule has 0 N–H and O–H groups in total. The number of nitrogens with zero attached hydrogens (tertiary/aromatic N) is 4. The van der Waals surface area contributed by atoms with Crippen molar-refractivity contribution in [1.29, 1.82) is 0 Å². The molecule has 0 saturated carbocycles. The van der Waals surface area contributed by atoms with E-state index in [4.69, 9.17) is 4.98 Å². The molecular formula is C25H20N4O. The van der Waals surface area contributed by atoms with Gasteiger partial charge in [0.05, 0.1) is 17.6 Å². The number of hydrogen-bond donors (Lipinski definition) is 0. The minimum atomic E-state index is -0.109. The van der Waals surface area contributed by atoms with E-state index in [0.717, 1.165) is 22.5 Å². The minimum Gasteiger partial charge on any atom is -0.268 e. The summed E-state index contributed by atoms with van der Waals surface area (Å²) >= 11 is 0. The Balaban J connectivity index is 1.80. The van der Waals surface area contributed by atoms with Crippen LogP contribution in [0.4, 0.5) is 0 Å². The van der Waals surface area contributed by atoms with Crippen molar-refractivity contribution in [3.63, 3.8) is 0 Å². The Kier molecular flexibility index (Phi) is 4.48. The van der Waals surface area contributed by atoms with Gasteiger partial charge >= 0.3 is 0 Å². The lowest BCUT2D eigenvalue weighted by Gasteiger charge is -2.15. The maximum absolute atomic E-state index is 13.6. The van der Waals surface area contributed by atoms with E-state index >= 15 is 0 Å². The summed E-state index contributed by atoms with van der Waals surface area (Å²) in [5.74, 6) is 0.686. The third-order valence-electron chi connectivity index (χ3n) is 5.23. The summed E-state index contributed by atoms with van der Waals surface area (Å²) in [5, 5.41) is 4.97. The van der Waals surface area contributed by atoms with E-state index in [-0.39, 0.29) is 5.56 Å². The van der Waals surface area contributed by atoms with Gasteiger partial charge in [0, 0.05) is 6.42 Å². The third-order valence-corrected chi connectivity index (χ3v) is 5.23. The largest absolute Gasteiger partial charge is 0.269 e. The molecule has 2 aromatic heterocycles. The van der Waals surface area contributed by atoms with Crippen LogP contribution in [-0.2, 0) is 6.42 Å². The van der Waals surface area contributed by atoms with E-state index in [2.05, 4.69) is 5.10 Å². The fourth-order valence-electron chi connectivity index (χ4n) is 3.73. The van der Waals surface area contributed by atoms with Crippen LogP contribution in [0.2, 0.25) is 0 Å². The van der Waals surface area contributed by atoms with Gasteiger partial charge in [-0.05, 0) is 36.2 Å². The van der Waals surface area contributed by atoms with Crippen molar-refractivity contribution in [2.75, 3.05) is 0 Å². The quantitative estimate of drug-likeness (QED) is 0.453. The third kappa shape index (κ3) is 3.10. The molecule has 0 saturated heterocycles. The van der Waals surface area contributed by atoms with Gasteiger partial charge in [0.15, 0.2) is 5.65 Å². The van der Waals surface area contributed by atoms with Crippen LogP contribution in [0.1, 0.15) is 17.0 Å². The molecule has 0 atom stereocenters. The summed E-state index contributed by atoms with van der Waals surface area (Å²) in [6, 6.07) is 27.7. The fraction of sp³-hybridized carbons (Fsp3) is 0.0800. The first-order valence-corrected chi connectivity index (χ1v) is 9.87. The standard InChI is InChI=1S/C25H20N4O/c1-18-10-8-9-15-22(18)28-23(16-19-11-4-2-5-12-19)27-24-21(25(28)30)17-26-29(24)20-13-6-3-7-14-20/h2-15,17H,16H2,1H3. The topological polar surface area (TPSA) is 52.7 Å². The molecule has 0 fully saturated rings. The van der Waals surface area contributed by atoms with Crippen LogP contribution in [-0.4, -0.2) is 19.3 Å². The molecule has 0 unspecified atom stereocenters. The van der Waals surface area contributed by atoms with Crippen molar-refractivity contribution in [2.45, 2.75) is 13.3 Å². The minimum absolute atomic E-state index is 0.109. The highest BCUT2D eigenvalue weighted by molar-refractivity contribution is 5.76. The van der Waals surface area contributed by atoms with E-state index in [1.54, 1.807) is 15.4 Å². The van der Waals surface area contributed by atoms with Crippen molar-refractivity contribution in [3.05, 3.63) is 118 Å². The first kappa shape index (κ1) is 18.1. The number of aromatic nitrogens is 4. The average molecular weight is 392 g/mol. The summed E-state index contributed by atoms with van der Waals surface area (Å²) in [7, 11) is 0. The van der Waals surface area contributed by atoms with Gasteiger partial charge in [0.2, 0.25) is 0 Å². The van der Waals surface area contributed by atoms with E-state index < -0.39 is 0 Å². The van der Waals surface area contributed by atoms with Crippen LogP contribution in [0.25, 0.3) is 22.4 Å². The number of benzene rings is 3. The smallest absolute Gasteiger partial charge is 0.268 e. The Bertz CT molecular complexity index is 1390. The van der Waals surface area contributed by atoms with Crippen LogP contribution in [0.15, 0.2) is 95.9 Å². The zero-order valence-electron chi connectivity index (χ0n) is 16.6. The first-order valence-electron chi connectivity index (χ1n) is 9.87. The summed E-state index contributed by atoms with van der Waals surface area (Å²) in [6.07, 6.45) is 2.15. The van der Waals surface area contributed by atoms with Crippen molar-refractivity contribution in [2.24, 2.45) is 0 Å². The zero-order valence-corrected chi connectivity index (χ0v) is 16.6. The molecule has 0 aliphatic rings. The van der Waals surface area contributed by atoms with E-state index in [0.29, 0.717) is 23.3 Å². The van der Waals surface area contributed by atoms with Crippen LogP contribution in [0.5, 0.6) is 0 Å². The van der Waals surface area contributed by atoms with Crippen LogP contribution < -0.4 is 5.56 Å². The van der Waals surface area contributed by atoms with Gasteiger partial charge < -0.3 is 0 Å². The number of hydrogen-bond acceptors (Lipinski definition) is 3. The van der Waals surface area contributed by atoms with Crippen LogP contribution >= 0.6 is 0 Å². The summed E-state index contributed by atoms with van der Waals surface area (Å²) in [5.41, 5.74) is 4.29. The second-order valence-electron chi connectivity index (χ2n) is 7.25. The fourth-order valence-corrected chi connectivity index (χ4v) is 3.73. The molecule has 5 rings (SSSR count). The van der Waals surface area contributed by atoms with E-state index in [9.17, 15) is 4.79 Å². The molecule has 0 radical (unpaired) electrons. The highest BCUT2D eigenvalue weighted by Crippen LogP contribution is 2.20. The van der Waals surface area contributed by atoms with Gasteiger partial charge in [-0.15, -0.1) is 0 Å².